The van der Waals surface area contributed by atoms with E-state index in [1.165, 1.54) is 12.1 Å². The van der Waals surface area contributed by atoms with Crippen molar-refractivity contribution in [2.24, 2.45) is 5.92 Å². The van der Waals surface area contributed by atoms with Gasteiger partial charge in [-0.25, -0.2) is 4.39 Å². The van der Waals surface area contributed by atoms with Gasteiger partial charge in [-0.3, -0.25) is 4.90 Å². The number of hydrogen-bond acceptors (Lipinski definition) is 5. The molecule has 0 unspecified atom stereocenters. The van der Waals surface area contributed by atoms with E-state index in [1.807, 2.05) is 0 Å². The SMILES string of the molecule is OC[C@@H]1CC[C@@H]2CN(c3noc4ccc(F)cc34)CCN2C1. The average Bonchev–Trinajstić information content (AvgIpc) is 2.96. The minimum absolute atomic E-state index is 0.265. The van der Waals surface area contributed by atoms with Gasteiger partial charge in [-0.15, -0.1) is 0 Å². The summed E-state index contributed by atoms with van der Waals surface area (Å²) in [6, 6.07) is 5.00. The van der Waals surface area contributed by atoms with Gasteiger partial charge in [0.2, 0.25) is 0 Å². The second-order valence-corrected chi connectivity index (χ2v) is 6.37. The molecule has 2 aromatic rings. The number of aliphatic hydroxyl groups is 1. The van der Waals surface area contributed by atoms with Crippen LogP contribution in [0.15, 0.2) is 22.7 Å². The Balaban J connectivity index is 1.56. The first-order valence-corrected chi connectivity index (χ1v) is 7.89. The van der Waals surface area contributed by atoms with Crippen LogP contribution >= 0.6 is 0 Å². The molecule has 3 heterocycles. The number of rotatable bonds is 2. The van der Waals surface area contributed by atoms with Crippen molar-refractivity contribution in [1.29, 1.82) is 0 Å². The van der Waals surface area contributed by atoms with Crippen LogP contribution in [0.4, 0.5) is 10.2 Å². The van der Waals surface area contributed by atoms with Gasteiger partial charge in [-0.2, -0.15) is 0 Å². The zero-order chi connectivity index (χ0) is 15.1. The average molecular weight is 305 g/mol. The van der Waals surface area contributed by atoms with E-state index in [-0.39, 0.29) is 12.4 Å². The number of hydrogen-bond donors (Lipinski definition) is 1. The number of fused-ring (bicyclic) bond motifs is 2. The lowest BCUT2D eigenvalue weighted by Crippen LogP contribution is -2.57. The number of nitrogens with zero attached hydrogens (tertiary/aromatic N) is 3. The Morgan fingerprint density at radius 1 is 1.27 bits per heavy atom. The van der Waals surface area contributed by atoms with Crippen molar-refractivity contribution in [3.63, 3.8) is 0 Å². The molecule has 0 aliphatic carbocycles. The van der Waals surface area contributed by atoms with Gasteiger partial charge in [0, 0.05) is 38.8 Å². The van der Waals surface area contributed by atoms with Crippen molar-refractivity contribution in [3.8, 4) is 0 Å². The summed E-state index contributed by atoms with van der Waals surface area (Å²) in [6.07, 6.45) is 2.16. The van der Waals surface area contributed by atoms with Gasteiger partial charge in [0.25, 0.3) is 0 Å². The summed E-state index contributed by atoms with van der Waals surface area (Å²) in [5.74, 6) is 0.891. The Morgan fingerprint density at radius 2 is 2.18 bits per heavy atom. The first-order chi connectivity index (χ1) is 10.7. The maximum Gasteiger partial charge on any atom is 0.180 e. The van der Waals surface area contributed by atoms with Crippen LogP contribution in [0.2, 0.25) is 0 Å². The molecule has 2 saturated heterocycles. The van der Waals surface area contributed by atoms with Crippen LogP contribution in [-0.4, -0.2) is 54.0 Å². The molecule has 0 saturated carbocycles. The van der Waals surface area contributed by atoms with E-state index in [2.05, 4.69) is 15.0 Å². The molecule has 1 N–H and O–H groups in total. The zero-order valence-electron chi connectivity index (χ0n) is 12.4. The summed E-state index contributed by atoms with van der Waals surface area (Å²) in [5, 5.41) is 14.2. The van der Waals surface area contributed by atoms with Gasteiger partial charge in [0.05, 0.1) is 5.39 Å². The molecule has 0 spiro atoms. The molecule has 0 bridgehead atoms. The molecule has 0 amide bonds. The van der Waals surface area contributed by atoms with Crippen molar-refractivity contribution in [1.82, 2.24) is 10.1 Å². The van der Waals surface area contributed by atoms with Crippen molar-refractivity contribution in [3.05, 3.63) is 24.0 Å². The molecule has 0 radical (unpaired) electrons. The molecule has 2 aliphatic heterocycles. The quantitative estimate of drug-likeness (QED) is 0.918. The fraction of sp³-hybridized carbons (Fsp3) is 0.562. The predicted octanol–water partition coefficient (Wildman–Crippen LogP) is 1.86. The van der Waals surface area contributed by atoms with E-state index in [0.29, 0.717) is 17.5 Å². The third-order valence-electron chi connectivity index (χ3n) is 4.98. The van der Waals surface area contributed by atoms with Gasteiger partial charge in [-0.1, -0.05) is 5.16 Å². The van der Waals surface area contributed by atoms with Gasteiger partial charge in [-0.05, 0) is 37.0 Å². The van der Waals surface area contributed by atoms with Crippen LogP contribution in [0.3, 0.4) is 0 Å². The van der Waals surface area contributed by atoms with Crippen LogP contribution in [-0.2, 0) is 0 Å². The Labute approximate surface area is 128 Å². The van der Waals surface area contributed by atoms with Crippen LogP contribution < -0.4 is 4.90 Å². The lowest BCUT2D eigenvalue weighted by Gasteiger charge is -2.46. The number of benzene rings is 1. The Kier molecular flexibility index (Phi) is 3.50. The maximum atomic E-state index is 13.5. The van der Waals surface area contributed by atoms with Gasteiger partial charge < -0.3 is 14.5 Å². The molecule has 1 aromatic heterocycles. The van der Waals surface area contributed by atoms with Gasteiger partial charge in [0.15, 0.2) is 11.4 Å². The van der Waals surface area contributed by atoms with E-state index in [0.717, 1.165) is 50.2 Å². The first kappa shape index (κ1) is 14.0. The molecule has 5 nitrogen and oxygen atoms in total. The van der Waals surface area contributed by atoms with Crippen LogP contribution in [0.5, 0.6) is 0 Å². The molecule has 22 heavy (non-hydrogen) atoms. The summed E-state index contributed by atoms with van der Waals surface area (Å²) in [7, 11) is 0. The summed E-state index contributed by atoms with van der Waals surface area (Å²) < 4.78 is 18.8. The summed E-state index contributed by atoms with van der Waals surface area (Å²) >= 11 is 0. The maximum absolute atomic E-state index is 13.5. The number of piperidine rings is 1. The van der Waals surface area contributed by atoms with Crippen LogP contribution in [0, 0.1) is 11.7 Å². The molecule has 118 valence electrons. The lowest BCUT2D eigenvalue weighted by atomic mass is 9.91. The molecule has 4 rings (SSSR count). The number of aliphatic hydroxyl groups excluding tert-OH is 1. The molecule has 6 heteroatoms. The largest absolute Gasteiger partial charge is 0.396 e. The summed E-state index contributed by atoms with van der Waals surface area (Å²) in [5.41, 5.74) is 0.628. The Bertz CT molecular complexity index is 674. The highest BCUT2D eigenvalue weighted by molar-refractivity contribution is 5.88. The van der Waals surface area contributed by atoms with E-state index >= 15 is 0 Å². The van der Waals surface area contributed by atoms with Crippen LogP contribution in [0.1, 0.15) is 12.8 Å². The third kappa shape index (κ3) is 2.36. The Morgan fingerprint density at radius 3 is 3.05 bits per heavy atom. The minimum Gasteiger partial charge on any atom is -0.396 e. The number of anilines is 1. The Hall–Kier alpha value is -1.66. The van der Waals surface area contributed by atoms with Crippen LogP contribution in [0.25, 0.3) is 11.0 Å². The second kappa shape index (κ2) is 5.52. The van der Waals surface area contributed by atoms with E-state index < -0.39 is 0 Å². The third-order valence-corrected chi connectivity index (χ3v) is 4.98. The van der Waals surface area contributed by atoms with E-state index in [9.17, 15) is 9.50 Å². The lowest BCUT2D eigenvalue weighted by molar-refractivity contribution is 0.0672. The normalized spacial score (nSPS) is 26.4. The minimum atomic E-state index is -0.265. The smallest absolute Gasteiger partial charge is 0.180 e. The topological polar surface area (TPSA) is 52.7 Å². The highest BCUT2D eigenvalue weighted by Crippen LogP contribution is 2.31. The van der Waals surface area contributed by atoms with E-state index in [4.69, 9.17) is 4.52 Å². The second-order valence-electron chi connectivity index (χ2n) is 6.37. The number of aromatic nitrogens is 1. The molecule has 1 aromatic carbocycles. The highest BCUT2D eigenvalue weighted by Gasteiger charge is 2.33. The fourth-order valence-electron chi connectivity index (χ4n) is 3.73. The van der Waals surface area contributed by atoms with Crippen molar-refractivity contribution in [2.45, 2.75) is 18.9 Å². The van der Waals surface area contributed by atoms with E-state index in [1.54, 1.807) is 6.07 Å². The van der Waals surface area contributed by atoms with Crippen molar-refractivity contribution >= 4 is 16.8 Å². The number of halogens is 1. The molecular formula is C16H20FN3O2. The fourth-order valence-corrected chi connectivity index (χ4v) is 3.73. The zero-order valence-corrected chi connectivity index (χ0v) is 12.4. The van der Waals surface area contributed by atoms with Gasteiger partial charge in [0.1, 0.15) is 5.82 Å². The van der Waals surface area contributed by atoms with Crippen molar-refractivity contribution < 1.29 is 14.0 Å². The first-order valence-electron chi connectivity index (χ1n) is 7.89. The predicted molar refractivity (Wildman–Crippen MR) is 81.4 cm³/mol. The molecule has 2 aliphatic rings. The monoisotopic (exact) mass is 305 g/mol. The standard InChI is InChI=1S/C16H20FN3O2/c17-12-2-4-15-14(7-12)16(18-22-15)20-6-5-19-8-11(10-21)1-3-13(19)9-20/h2,4,7,11,13,21H,1,3,5-6,8-10H2/t11-,13-/m1/s1. The van der Waals surface area contributed by atoms with Gasteiger partial charge >= 0.3 is 0 Å². The molecule has 2 fully saturated rings. The number of piperazine rings is 1. The summed E-state index contributed by atoms with van der Waals surface area (Å²) in [4.78, 5) is 4.66. The van der Waals surface area contributed by atoms with Crippen molar-refractivity contribution in [2.75, 3.05) is 37.7 Å². The molecule has 2 atom stereocenters. The molecular weight excluding hydrogens is 285 g/mol. The summed E-state index contributed by atoms with van der Waals surface area (Å²) in [6.45, 7) is 3.94. The highest BCUT2D eigenvalue weighted by atomic mass is 19.1.